The van der Waals surface area contributed by atoms with E-state index in [1.54, 1.807) is 0 Å². The number of rotatable bonds is 2. The number of carbonyl (C=O) groups excluding carboxylic acids is 1. The maximum atomic E-state index is 12.6. The van der Waals surface area contributed by atoms with Crippen LogP contribution in [0.2, 0.25) is 0 Å². The molecule has 2 unspecified atom stereocenters. The van der Waals surface area contributed by atoms with Crippen molar-refractivity contribution in [2.45, 2.75) is 50.5 Å². The zero-order chi connectivity index (χ0) is 14.5. The van der Waals surface area contributed by atoms with Crippen LogP contribution >= 0.6 is 12.4 Å². The van der Waals surface area contributed by atoms with Crippen LogP contribution in [0.1, 0.15) is 50.0 Å². The molecule has 2 heterocycles. The molecule has 0 bridgehead atoms. The molecular formula is C18H27ClN2O. The Bertz CT molecular complexity index is 459. The van der Waals surface area contributed by atoms with E-state index in [4.69, 9.17) is 0 Å². The van der Waals surface area contributed by atoms with Crippen LogP contribution in [0, 0.1) is 0 Å². The first-order valence-electron chi connectivity index (χ1n) is 8.42. The zero-order valence-corrected chi connectivity index (χ0v) is 14.0. The number of likely N-dealkylation sites (tertiary alicyclic amines) is 1. The quantitative estimate of drug-likeness (QED) is 0.905. The van der Waals surface area contributed by atoms with Gasteiger partial charge in [0.05, 0.1) is 6.04 Å². The highest BCUT2D eigenvalue weighted by molar-refractivity contribution is 5.85. The van der Waals surface area contributed by atoms with Gasteiger partial charge in [-0.3, -0.25) is 4.79 Å². The molecule has 2 fully saturated rings. The van der Waals surface area contributed by atoms with Crippen molar-refractivity contribution in [2.75, 3.05) is 19.6 Å². The first-order chi connectivity index (χ1) is 10.3. The normalized spacial score (nSPS) is 25.9. The molecule has 0 aliphatic carbocycles. The SMILES string of the molecule is Cl.O=C(C1CCCCN1)N1CCCC(c2ccccc2)CC1. The molecule has 0 spiro atoms. The summed E-state index contributed by atoms with van der Waals surface area (Å²) in [5.41, 5.74) is 1.43. The van der Waals surface area contributed by atoms with Crippen molar-refractivity contribution in [1.29, 1.82) is 0 Å². The van der Waals surface area contributed by atoms with Crippen molar-refractivity contribution < 1.29 is 4.79 Å². The first kappa shape index (κ1) is 17.3. The molecule has 122 valence electrons. The summed E-state index contributed by atoms with van der Waals surface area (Å²) in [6, 6.07) is 10.8. The van der Waals surface area contributed by atoms with Crippen molar-refractivity contribution in [1.82, 2.24) is 10.2 Å². The summed E-state index contributed by atoms with van der Waals surface area (Å²) in [7, 11) is 0. The molecule has 3 nitrogen and oxygen atoms in total. The van der Waals surface area contributed by atoms with Crippen LogP contribution in [0.25, 0.3) is 0 Å². The average Bonchev–Trinajstić information content (AvgIpc) is 2.82. The summed E-state index contributed by atoms with van der Waals surface area (Å²) in [6.45, 7) is 2.84. The highest BCUT2D eigenvalue weighted by Crippen LogP contribution is 2.28. The Kier molecular flexibility index (Phi) is 6.71. The number of piperidine rings is 1. The van der Waals surface area contributed by atoms with Crippen LogP contribution in [0.4, 0.5) is 0 Å². The van der Waals surface area contributed by atoms with Crippen LogP contribution in [0.3, 0.4) is 0 Å². The van der Waals surface area contributed by atoms with Crippen LogP contribution in [-0.2, 0) is 4.79 Å². The molecule has 2 atom stereocenters. The third-order valence-electron chi connectivity index (χ3n) is 4.92. The van der Waals surface area contributed by atoms with Crippen LogP contribution in [0.5, 0.6) is 0 Å². The van der Waals surface area contributed by atoms with Crippen molar-refractivity contribution in [3.8, 4) is 0 Å². The number of nitrogens with one attached hydrogen (secondary N) is 1. The molecule has 0 aromatic heterocycles. The van der Waals surface area contributed by atoms with Gasteiger partial charge < -0.3 is 10.2 Å². The van der Waals surface area contributed by atoms with Gasteiger partial charge in [-0.25, -0.2) is 0 Å². The average molecular weight is 323 g/mol. The fourth-order valence-corrected chi connectivity index (χ4v) is 3.66. The largest absolute Gasteiger partial charge is 0.341 e. The second-order valence-electron chi connectivity index (χ2n) is 6.37. The predicted octanol–water partition coefficient (Wildman–Crippen LogP) is 3.35. The highest BCUT2D eigenvalue weighted by Gasteiger charge is 2.27. The van der Waals surface area contributed by atoms with E-state index in [2.05, 4.69) is 40.5 Å². The van der Waals surface area contributed by atoms with Gasteiger partial charge in [0.1, 0.15) is 0 Å². The van der Waals surface area contributed by atoms with E-state index >= 15 is 0 Å². The lowest BCUT2D eigenvalue weighted by Gasteiger charge is -2.29. The minimum Gasteiger partial charge on any atom is -0.341 e. The van der Waals surface area contributed by atoms with Crippen molar-refractivity contribution >= 4 is 18.3 Å². The maximum Gasteiger partial charge on any atom is 0.239 e. The Labute approximate surface area is 139 Å². The summed E-state index contributed by atoms with van der Waals surface area (Å²) in [5, 5.41) is 3.39. The van der Waals surface area contributed by atoms with Gasteiger partial charge in [0, 0.05) is 13.1 Å². The topological polar surface area (TPSA) is 32.3 Å². The van der Waals surface area contributed by atoms with Gasteiger partial charge in [0.15, 0.2) is 0 Å². The Morgan fingerprint density at radius 3 is 2.55 bits per heavy atom. The van der Waals surface area contributed by atoms with E-state index in [1.165, 1.54) is 24.8 Å². The van der Waals surface area contributed by atoms with E-state index in [0.717, 1.165) is 38.9 Å². The standard InChI is InChI=1S/C18H26N2O.ClH/c21-18(17-10-4-5-12-19-17)20-13-6-9-16(11-14-20)15-7-2-1-3-8-15;/h1-3,7-8,16-17,19H,4-6,9-14H2;1H. The summed E-state index contributed by atoms with van der Waals surface area (Å²) < 4.78 is 0. The third-order valence-corrected chi connectivity index (χ3v) is 4.92. The number of hydrogen-bond acceptors (Lipinski definition) is 2. The molecule has 1 N–H and O–H groups in total. The van der Waals surface area contributed by atoms with Crippen LogP contribution in [-0.4, -0.2) is 36.5 Å². The van der Waals surface area contributed by atoms with Crippen molar-refractivity contribution in [3.63, 3.8) is 0 Å². The smallest absolute Gasteiger partial charge is 0.239 e. The fraction of sp³-hybridized carbons (Fsp3) is 0.611. The molecule has 1 aromatic rings. The second-order valence-corrected chi connectivity index (χ2v) is 6.37. The minimum atomic E-state index is 0. The van der Waals surface area contributed by atoms with E-state index in [0.29, 0.717) is 11.8 Å². The summed E-state index contributed by atoms with van der Waals surface area (Å²) in [6.07, 6.45) is 6.83. The lowest BCUT2D eigenvalue weighted by atomic mass is 9.92. The first-order valence-corrected chi connectivity index (χ1v) is 8.42. The molecule has 3 rings (SSSR count). The molecule has 1 amide bonds. The number of halogens is 1. The van der Waals surface area contributed by atoms with Crippen LogP contribution in [0.15, 0.2) is 30.3 Å². The fourth-order valence-electron chi connectivity index (χ4n) is 3.66. The summed E-state index contributed by atoms with van der Waals surface area (Å²) in [4.78, 5) is 14.7. The maximum absolute atomic E-state index is 12.6. The van der Waals surface area contributed by atoms with E-state index < -0.39 is 0 Å². The summed E-state index contributed by atoms with van der Waals surface area (Å²) in [5.74, 6) is 0.951. The Morgan fingerprint density at radius 2 is 1.82 bits per heavy atom. The molecule has 2 aliphatic heterocycles. The van der Waals surface area contributed by atoms with Gasteiger partial charge in [-0.1, -0.05) is 36.8 Å². The molecule has 4 heteroatoms. The number of nitrogens with zero attached hydrogens (tertiary/aromatic N) is 1. The van der Waals surface area contributed by atoms with Gasteiger partial charge in [-0.15, -0.1) is 12.4 Å². The van der Waals surface area contributed by atoms with E-state index in [-0.39, 0.29) is 18.4 Å². The highest BCUT2D eigenvalue weighted by atomic mass is 35.5. The van der Waals surface area contributed by atoms with Gasteiger partial charge in [-0.05, 0) is 50.1 Å². The molecule has 1 aromatic carbocycles. The lowest BCUT2D eigenvalue weighted by Crippen LogP contribution is -2.48. The van der Waals surface area contributed by atoms with Crippen LogP contribution < -0.4 is 5.32 Å². The van der Waals surface area contributed by atoms with Gasteiger partial charge in [0.2, 0.25) is 5.91 Å². The Hall–Kier alpha value is -1.06. The second kappa shape index (κ2) is 8.54. The zero-order valence-electron chi connectivity index (χ0n) is 13.2. The molecule has 22 heavy (non-hydrogen) atoms. The number of amides is 1. The molecule has 0 saturated carbocycles. The monoisotopic (exact) mass is 322 g/mol. The lowest BCUT2D eigenvalue weighted by molar-refractivity contribution is -0.134. The van der Waals surface area contributed by atoms with Crippen molar-refractivity contribution in [2.24, 2.45) is 0 Å². The van der Waals surface area contributed by atoms with E-state index in [9.17, 15) is 4.79 Å². The number of carbonyl (C=O) groups is 1. The number of hydrogen-bond donors (Lipinski definition) is 1. The molecule has 2 saturated heterocycles. The van der Waals surface area contributed by atoms with Gasteiger partial charge in [-0.2, -0.15) is 0 Å². The van der Waals surface area contributed by atoms with Gasteiger partial charge >= 0.3 is 0 Å². The molecule has 0 radical (unpaired) electrons. The van der Waals surface area contributed by atoms with Crippen molar-refractivity contribution in [3.05, 3.63) is 35.9 Å². The van der Waals surface area contributed by atoms with E-state index in [1.807, 2.05) is 0 Å². The number of benzene rings is 1. The molecule has 2 aliphatic rings. The minimum absolute atomic E-state index is 0. The predicted molar refractivity (Wildman–Crippen MR) is 92.5 cm³/mol. The third kappa shape index (κ3) is 4.23. The molecular weight excluding hydrogens is 296 g/mol. The Morgan fingerprint density at radius 1 is 1.00 bits per heavy atom. The van der Waals surface area contributed by atoms with Gasteiger partial charge in [0.25, 0.3) is 0 Å². The Balaban J connectivity index is 0.00000176. The summed E-state index contributed by atoms with van der Waals surface area (Å²) >= 11 is 0.